The van der Waals surface area contributed by atoms with Gasteiger partial charge in [0, 0.05) is 10.6 Å². The lowest BCUT2D eigenvalue weighted by molar-refractivity contribution is -0.136. The lowest BCUT2D eigenvalue weighted by Crippen LogP contribution is -2.40. The molecule has 0 fully saturated rings. The molecule has 0 saturated heterocycles. The number of halogens is 1. The van der Waals surface area contributed by atoms with Gasteiger partial charge >= 0.3 is 5.97 Å². The Labute approximate surface area is 244 Å². The molecule has 0 N–H and O–H groups in total. The third-order valence-electron chi connectivity index (χ3n) is 7.24. The van der Waals surface area contributed by atoms with Crippen LogP contribution in [0.2, 0.25) is 5.02 Å². The van der Waals surface area contributed by atoms with E-state index in [0.29, 0.717) is 50.2 Å². The molecule has 0 bridgehead atoms. The Morgan fingerprint density at radius 2 is 1.71 bits per heavy atom. The zero-order chi connectivity index (χ0) is 28.8. The van der Waals surface area contributed by atoms with E-state index in [9.17, 15) is 14.4 Å². The zero-order valence-electron chi connectivity index (χ0n) is 22.4. The van der Waals surface area contributed by atoms with Gasteiger partial charge in [0.25, 0.3) is 11.5 Å². The maximum Gasteiger partial charge on any atom is 0.338 e. The molecule has 0 saturated carbocycles. The number of carbonyl (C=O) groups excluding carboxylic acids is 2. The van der Waals surface area contributed by atoms with Crippen LogP contribution in [0, 0.1) is 0 Å². The molecule has 10 heteroatoms. The summed E-state index contributed by atoms with van der Waals surface area (Å²) in [5.74, 6) is -0.226. The first kappa shape index (κ1) is 26.7. The minimum atomic E-state index is -0.795. The Morgan fingerprint density at radius 3 is 2.39 bits per heavy atom. The average Bonchev–Trinajstić information content (AvgIpc) is 3.45. The van der Waals surface area contributed by atoms with Crippen LogP contribution in [0.15, 0.2) is 93.9 Å². The second-order valence-corrected chi connectivity index (χ2v) is 11.0. The largest absolute Gasteiger partial charge is 0.497 e. The number of rotatable bonds is 5. The van der Waals surface area contributed by atoms with Gasteiger partial charge in [0.2, 0.25) is 0 Å². The lowest BCUT2D eigenvalue weighted by atomic mass is 9.96. The molecule has 0 radical (unpaired) electrons. The molecule has 206 valence electrons. The quantitative estimate of drug-likeness (QED) is 0.331. The molecule has 1 atom stereocenters. The molecule has 2 aliphatic rings. The van der Waals surface area contributed by atoms with E-state index in [1.54, 1.807) is 55.3 Å². The van der Waals surface area contributed by atoms with Crippen LogP contribution in [0.1, 0.15) is 29.7 Å². The molecule has 1 aromatic heterocycles. The number of para-hydroxylation sites is 1. The van der Waals surface area contributed by atoms with E-state index < -0.39 is 17.6 Å². The third-order valence-corrected chi connectivity index (χ3v) is 8.54. The van der Waals surface area contributed by atoms with Crippen molar-refractivity contribution in [3.05, 3.63) is 125 Å². The minimum absolute atomic E-state index is 0.254. The van der Waals surface area contributed by atoms with Crippen LogP contribution in [-0.2, 0) is 20.9 Å². The number of benzene rings is 3. The Kier molecular flexibility index (Phi) is 6.84. The summed E-state index contributed by atoms with van der Waals surface area (Å²) in [5.41, 5.74) is 3.57. The summed E-state index contributed by atoms with van der Waals surface area (Å²) in [6, 6.07) is 21.1. The van der Waals surface area contributed by atoms with Gasteiger partial charge in [-0.15, -0.1) is 0 Å². The van der Waals surface area contributed by atoms with Crippen molar-refractivity contribution in [1.29, 1.82) is 0 Å². The summed E-state index contributed by atoms with van der Waals surface area (Å²) in [6.45, 7) is 2.03. The molecule has 41 heavy (non-hydrogen) atoms. The second-order valence-electron chi connectivity index (χ2n) is 9.58. The number of nitrogens with zero attached hydrogens (tertiary/aromatic N) is 3. The van der Waals surface area contributed by atoms with Crippen molar-refractivity contribution in [2.45, 2.75) is 19.5 Å². The summed E-state index contributed by atoms with van der Waals surface area (Å²) < 4.78 is 12.1. The molecule has 0 aliphatic carbocycles. The van der Waals surface area contributed by atoms with Crippen molar-refractivity contribution in [2.75, 3.05) is 19.1 Å². The highest BCUT2D eigenvalue weighted by Gasteiger charge is 2.37. The van der Waals surface area contributed by atoms with Crippen LogP contribution in [0.4, 0.5) is 5.69 Å². The average molecular weight is 586 g/mol. The maximum atomic E-state index is 14.2. The zero-order valence-corrected chi connectivity index (χ0v) is 24.0. The topological polar surface area (TPSA) is 90.2 Å². The normalized spacial score (nSPS) is 17.2. The van der Waals surface area contributed by atoms with Crippen molar-refractivity contribution in [3.63, 3.8) is 0 Å². The molecule has 3 aromatic carbocycles. The van der Waals surface area contributed by atoms with E-state index in [1.807, 2.05) is 36.4 Å². The Balaban J connectivity index is 1.56. The van der Waals surface area contributed by atoms with Gasteiger partial charge in [-0.25, -0.2) is 9.79 Å². The number of ether oxygens (including phenoxy) is 2. The van der Waals surface area contributed by atoms with Gasteiger partial charge in [-0.05, 0) is 48.4 Å². The molecule has 1 amide bonds. The first-order valence-electron chi connectivity index (χ1n) is 12.8. The Bertz CT molecular complexity index is 1920. The van der Waals surface area contributed by atoms with Crippen molar-refractivity contribution >= 4 is 46.1 Å². The number of amides is 1. The van der Waals surface area contributed by atoms with Gasteiger partial charge in [0.15, 0.2) is 4.80 Å². The standard InChI is InChI=1S/C31H24ClN3O5S/c1-17-24(30(38)40-3)26(19-10-14-21(39-2)15-11-19)35-29(37)27(41-31(35)33-17)25-22-6-4-5-7-23(22)34(28(25)36)16-18-8-12-20(32)13-9-18/h4-15,26H,16H2,1-3H3/b27-25-/t26-/m0/s1. The second kappa shape index (κ2) is 10.5. The van der Waals surface area contributed by atoms with E-state index in [1.165, 1.54) is 11.7 Å². The molecule has 6 rings (SSSR count). The third kappa shape index (κ3) is 4.47. The monoisotopic (exact) mass is 585 g/mol. The van der Waals surface area contributed by atoms with Gasteiger partial charge in [-0.1, -0.05) is 65.4 Å². The maximum absolute atomic E-state index is 14.2. The number of anilines is 1. The summed E-state index contributed by atoms with van der Waals surface area (Å²) in [7, 11) is 2.86. The Morgan fingerprint density at radius 1 is 1.00 bits per heavy atom. The summed E-state index contributed by atoms with van der Waals surface area (Å²) in [6.07, 6.45) is 0. The highest BCUT2D eigenvalue weighted by atomic mass is 35.5. The molecule has 0 unspecified atom stereocenters. The van der Waals surface area contributed by atoms with Crippen LogP contribution in [0.3, 0.4) is 0 Å². The smallest absolute Gasteiger partial charge is 0.338 e. The number of esters is 1. The predicted molar refractivity (Wildman–Crippen MR) is 157 cm³/mol. The summed E-state index contributed by atoms with van der Waals surface area (Å²) in [5, 5.41) is 0.608. The molecule has 8 nitrogen and oxygen atoms in total. The SMILES string of the molecule is COC(=O)C1=C(C)N=c2s/c(=C3\C(=O)N(Cc4ccc(Cl)cc4)c4ccccc43)c(=O)n2[C@H]1c1ccc(OC)cc1. The number of thiazole rings is 1. The molecule has 0 spiro atoms. The number of methoxy groups -OCH3 is 2. The summed E-state index contributed by atoms with van der Waals surface area (Å²) >= 11 is 7.20. The van der Waals surface area contributed by atoms with Crippen molar-refractivity contribution in [1.82, 2.24) is 4.57 Å². The van der Waals surface area contributed by atoms with Gasteiger partial charge in [0.05, 0.1) is 49.3 Å². The highest BCUT2D eigenvalue weighted by Crippen LogP contribution is 2.37. The first-order valence-corrected chi connectivity index (χ1v) is 13.9. The number of hydrogen-bond donors (Lipinski definition) is 0. The number of allylic oxidation sites excluding steroid dienone is 1. The van der Waals surface area contributed by atoms with Crippen molar-refractivity contribution in [2.24, 2.45) is 4.99 Å². The van der Waals surface area contributed by atoms with E-state index in [2.05, 4.69) is 4.99 Å². The lowest BCUT2D eigenvalue weighted by Gasteiger charge is -2.24. The van der Waals surface area contributed by atoms with E-state index in [0.717, 1.165) is 16.9 Å². The van der Waals surface area contributed by atoms with Crippen LogP contribution in [0.25, 0.3) is 5.57 Å². The van der Waals surface area contributed by atoms with E-state index in [-0.39, 0.29) is 16.0 Å². The molecular formula is C31H24ClN3O5S. The number of carbonyl (C=O) groups is 2. The predicted octanol–water partition coefficient (Wildman–Crippen LogP) is 3.99. The van der Waals surface area contributed by atoms with E-state index >= 15 is 0 Å². The fourth-order valence-electron chi connectivity index (χ4n) is 5.27. The fraction of sp³-hybridized carbons (Fsp3) is 0.161. The first-order chi connectivity index (χ1) is 19.8. The van der Waals surface area contributed by atoms with Crippen molar-refractivity contribution < 1.29 is 19.1 Å². The van der Waals surface area contributed by atoms with Crippen LogP contribution < -0.4 is 24.5 Å². The number of aromatic nitrogens is 1. The number of hydrogen-bond acceptors (Lipinski definition) is 7. The van der Waals surface area contributed by atoms with Crippen LogP contribution in [0.5, 0.6) is 5.75 Å². The van der Waals surface area contributed by atoms with Gasteiger partial charge in [0.1, 0.15) is 10.3 Å². The molecule has 4 aromatic rings. The van der Waals surface area contributed by atoms with Crippen LogP contribution in [-0.4, -0.2) is 30.7 Å². The highest BCUT2D eigenvalue weighted by molar-refractivity contribution is 7.07. The molecule has 3 heterocycles. The minimum Gasteiger partial charge on any atom is -0.497 e. The Hall–Kier alpha value is -4.47. The molecule has 2 aliphatic heterocycles. The number of fused-ring (bicyclic) bond motifs is 2. The molecular weight excluding hydrogens is 562 g/mol. The van der Waals surface area contributed by atoms with Crippen molar-refractivity contribution in [3.8, 4) is 5.75 Å². The van der Waals surface area contributed by atoms with Gasteiger partial charge in [-0.2, -0.15) is 0 Å². The van der Waals surface area contributed by atoms with Gasteiger partial charge < -0.3 is 14.4 Å². The van der Waals surface area contributed by atoms with E-state index in [4.69, 9.17) is 21.1 Å². The van der Waals surface area contributed by atoms with Crippen LogP contribution >= 0.6 is 22.9 Å². The fourth-order valence-corrected chi connectivity index (χ4v) is 6.54. The van der Waals surface area contributed by atoms with Gasteiger partial charge in [-0.3, -0.25) is 14.2 Å². The summed E-state index contributed by atoms with van der Waals surface area (Å²) in [4.78, 5) is 47.9.